The number of aryl methyl sites for hydroxylation is 1. The number of nitro groups is 1. The third-order valence-electron chi connectivity index (χ3n) is 3.40. The first-order valence-corrected chi connectivity index (χ1v) is 7.39. The van der Waals surface area contributed by atoms with Crippen LogP contribution >= 0.6 is 0 Å². The molecule has 0 bridgehead atoms. The summed E-state index contributed by atoms with van der Waals surface area (Å²) in [4.78, 5) is 25.7. The van der Waals surface area contributed by atoms with Crippen LogP contribution in [-0.4, -0.2) is 15.8 Å². The van der Waals surface area contributed by atoms with Crippen molar-refractivity contribution < 1.29 is 22.9 Å². The van der Waals surface area contributed by atoms with Crippen molar-refractivity contribution in [3.63, 3.8) is 0 Å². The molecule has 0 unspecified atom stereocenters. The number of benzene rings is 1. The van der Waals surface area contributed by atoms with E-state index in [0.29, 0.717) is 5.56 Å². The second-order valence-electron chi connectivity index (χ2n) is 5.42. The van der Waals surface area contributed by atoms with Gasteiger partial charge in [0.2, 0.25) is 5.91 Å². The number of hydrazine groups is 1. The van der Waals surface area contributed by atoms with E-state index in [0.717, 1.165) is 6.07 Å². The molecule has 2 rings (SSSR count). The molecule has 0 atom stereocenters. The molecule has 0 saturated heterocycles. The van der Waals surface area contributed by atoms with E-state index in [9.17, 15) is 28.1 Å². The zero-order valence-electron chi connectivity index (χ0n) is 13.8. The highest BCUT2D eigenvalue weighted by molar-refractivity contribution is 5.80. The fourth-order valence-electron chi connectivity index (χ4n) is 2.19. The van der Waals surface area contributed by atoms with E-state index in [4.69, 9.17) is 5.26 Å². The van der Waals surface area contributed by atoms with E-state index in [-0.39, 0.29) is 17.8 Å². The summed E-state index contributed by atoms with van der Waals surface area (Å²) in [6.07, 6.45) is -4.94. The maximum atomic E-state index is 13.0. The molecule has 27 heavy (non-hydrogen) atoms. The number of nitrogens with zero attached hydrogens (tertiary/aromatic N) is 3. The van der Waals surface area contributed by atoms with Gasteiger partial charge in [-0.2, -0.15) is 18.4 Å². The van der Waals surface area contributed by atoms with Gasteiger partial charge in [0.25, 0.3) is 5.69 Å². The van der Waals surface area contributed by atoms with Crippen LogP contribution in [0, 0.1) is 28.4 Å². The summed E-state index contributed by atoms with van der Waals surface area (Å²) in [6, 6.07) is 7.37. The molecule has 2 N–H and O–H groups in total. The van der Waals surface area contributed by atoms with Crippen molar-refractivity contribution in [2.45, 2.75) is 19.5 Å². The Hall–Kier alpha value is -3.68. The minimum Gasteiger partial charge on any atom is -0.281 e. The molecule has 0 fully saturated rings. The first-order chi connectivity index (χ1) is 12.6. The van der Waals surface area contributed by atoms with Crippen molar-refractivity contribution in [2.75, 3.05) is 5.43 Å². The number of nitro benzene ring substituents is 1. The lowest BCUT2D eigenvalue weighted by Crippen LogP contribution is -2.32. The smallest absolute Gasteiger partial charge is 0.281 e. The molecule has 0 aliphatic heterocycles. The van der Waals surface area contributed by atoms with Crippen molar-refractivity contribution in [1.82, 2.24) is 10.4 Å². The first kappa shape index (κ1) is 19.6. The average Bonchev–Trinajstić information content (AvgIpc) is 2.59. The summed E-state index contributed by atoms with van der Waals surface area (Å²) >= 11 is 0. The van der Waals surface area contributed by atoms with Gasteiger partial charge in [0.15, 0.2) is 5.82 Å². The van der Waals surface area contributed by atoms with Gasteiger partial charge in [0, 0.05) is 17.8 Å². The largest absolute Gasteiger partial charge is 0.417 e. The van der Waals surface area contributed by atoms with Gasteiger partial charge in [-0.3, -0.25) is 25.8 Å². The van der Waals surface area contributed by atoms with Crippen LogP contribution in [0.15, 0.2) is 30.3 Å². The van der Waals surface area contributed by atoms with Gasteiger partial charge < -0.3 is 0 Å². The molecular formula is C16H12F3N5O3. The highest BCUT2D eigenvalue weighted by Crippen LogP contribution is 2.34. The molecule has 0 aliphatic rings. The van der Waals surface area contributed by atoms with E-state index in [1.54, 1.807) is 0 Å². The number of non-ortho nitro benzene ring substituents is 1. The Balaban J connectivity index is 2.12. The normalized spacial score (nSPS) is 10.8. The van der Waals surface area contributed by atoms with Gasteiger partial charge >= 0.3 is 6.18 Å². The molecule has 0 saturated carbocycles. The summed E-state index contributed by atoms with van der Waals surface area (Å²) in [6.45, 7) is 1.32. The molecule has 1 aromatic carbocycles. The molecule has 140 valence electrons. The number of carbonyl (C=O) groups is 1. The number of carbonyl (C=O) groups excluding carboxylic acids is 1. The van der Waals surface area contributed by atoms with E-state index in [1.807, 2.05) is 0 Å². The number of alkyl halides is 3. The number of nitriles is 1. The number of rotatable bonds is 5. The van der Waals surface area contributed by atoms with Crippen molar-refractivity contribution >= 4 is 17.4 Å². The molecule has 0 radical (unpaired) electrons. The number of nitrogens with one attached hydrogen (secondary N) is 2. The Bertz CT molecular complexity index is 921. The van der Waals surface area contributed by atoms with Crippen molar-refractivity contribution in [3.8, 4) is 6.07 Å². The standard InChI is InChI=1S/C16H12F3N5O3/c1-9-6-13(16(17,18)19)12(8-20)15(21-9)23-22-14(25)7-10-2-4-11(5-3-10)24(26)27/h2-6H,7H2,1H3,(H,21,23)(H,22,25). The third-order valence-corrected chi connectivity index (χ3v) is 3.40. The SMILES string of the molecule is Cc1cc(C(F)(F)F)c(C#N)c(NNC(=O)Cc2ccc([N+](=O)[O-])cc2)n1. The van der Waals surface area contributed by atoms with E-state index >= 15 is 0 Å². The van der Waals surface area contributed by atoms with Crippen LogP contribution < -0.4 is 10.9 Å². The molecule has 11 heteroatoms. The predicted octanol–water partition coefficient (Wildman–Crippen LogP) is 2.87. The lowest BCUT2D eigenvalue weighted by atomic mass is 10.1. The van der Waals surface area contributed by atoms with Crippen LogP contribution in [0.2, 0.25) is 0 Å². The minimum atomic E-state index is -4.75. The zero-order chi connectivity index (χ0) is 20.2. The molecule has 0 aliphatic carbocycles. The molecule has 8 nitrogen and oxygen atoms in total. The van der Waals surface area contributed by atoms with Gasteiger partial charge in [0.05, 0.1) is 16.9 Å². The van der Waals surface area contributed by atoms with Crippen LogP contribution in [-0.2, 0) is 17.4 Å². The van der Waals surface area contributed by atoms with Crippen molar-refractivity contribution in [3.05, 3.63) is 62.8 Å². The van der Waals surface area contributed by atoms with Crippen LogP contribution in [0.25, 0.3) is 0 Å². The fraction of sp³-hybridized carbons (Fsp3) is 0.188. The molecule has 1 amide bonds. The highest BCUT2D eigenvalue weighted by Gasteiger charge is 2.35. The number of halogens is 3. The number of aromatic nitrogens is 1. The fourth-order valence-corrected chi connectivity index (χ4v) is 2.19. The average molecular weight is 379 g/mol. The van der Waals surface area contributed by atoms with Gasteiger partial charge in [-0.05, 0) is 18.6 Å². The number of pyridine rings is 1. The monoisotopic (exact) mass is 379 g/mol. The number of anilines is 1. The maximum absolute atomic E-state index is 13.0. The molecule has 1 aromatic heterocycles. The van der Waals surface area contributed by atoms with Crippen molar-refractivity contribution in [2.24, 2.45) is 0 Å². The molecule has 2 aromatic rings. The van der Waals surface area contributed by atoms with Gasteiger partial charge in [0.1, 0.15) is 11.6 Å². The van der Waals surface area contributed by atoms with E-state index < -0.39 is 34.0 Å². The van der Waals surface area contributed by atoms with Crippen LogP contribution in [0.5, 0.6) is 0 Å². The van der Waals surface area contributed by atoms with Gasteiger partial charge in [-0.25, -0.2) is 4.98 Å². The topological polar surface area (TPSA) is 121 Å². The molecular weight excluding hydrogens is 367 g/mol. The Kier molecular flexibility index (Phi) is 5.60. The lowest BCUT2D eigenvalue weighted by molar-refractivity contribution is -0.384. The zero-order valence-corrected chi connectivity index (χ0v) is 13.8. The molecule has 1 heterocycles. The van der Waals surface area contributed by atoms with E-state index in [2.05, 4.69) is 15.8 Å². The van der Waals surface area contributed by atoms with E-state index in [1.165, 1.54) is 37.3 Å². The van der Waals surface area contributed by atoms with Crippen LogP contribution in [0.3, 0.4) is 0 Å². The van der Waals surface area contributed by atoms with Gasteiger partial charge in [-0.1, -0.05) is 12.1 Å². The third kappa shape index (κ3) is 4.91. The minimum absolute atomic E-state index is 0.00782. The summed E-state index contributed by atoms with van der Waals surface area (Å²) in [5.74, 6) is -1.06. The molecule has 0 spiro atoms. The number of amides is 1. The van der Waals surface area contributed by atoms with Gasteiger partial charge in [-0.15, -0.1) is 0 Å². The van der Waals surface area contributed by atoms with Crippen molar-refractivity contribution in [1.29, 1.82) is 5.26 Å². The quantitative estimate of drug-likeness (QED) is 0.609. The summed E-state index contributed by atoms with van der Waals surface area (Å²) in [5, 5.41) is 19.6. The highest BCUT2D eigenvalue weighted by atomic mass is 19.4. The second-order valence-corrected chi connectivity index (χ2v) is 5.42. The Morgan fingerprint density at radius 1 is 1.33 bits per heavy atom. The Morgan fingerprint density at radius 3 is 2.48 bits per heavy atom. The predicted molar refractivity (Wildman–Crippen MR) is 87.3 cm³/mol. The Labute approximate surface area is 150 Å². The Morgan fingerprint density at radius 2 is 1.96 bits per heavy atom. The van der Waals surface area contributed by atoms with Crippen LogP contribution in [0.1, 0.15) is 22.4 Å². The summed E-state index contributed by atoms with van der Waals surface area (Å²) in [7, 11) is 0. The lowest BCUT2D eigenvalue weighted by Gasteiger charge is -2.14. The summed E-state index contributed by atoms with van der Waals surface area (Å²) < 4.78 is 39.1. The maximum Gasteiger partial charge on any atom is 0.417 e. The van der Waals surface area contributed by atoms with Crippen LogP contribution in [0.4, 0.5) is 24.7 Å². The number of hydrogen-bond acceptors (Lipinski definition) is 6. The number of hydrogen-bond donors (Lipinski definition) is 2. The summed E-state index contributed by atoms with van der Waals surface area (Å²) in [5.41, 5.74) is 2.80. The first-order valence-electron chi connectivity index (χ1n) is 7.39. The second kappa shape index (κ2) is 7.69.